The standard InChI is InChI=1S/C23H24ClN5O3/c1-16(23(30)26-14-17-4-2-3-5-20(17)24)27-10-12-28(13-11-27)21-6-7-22(29(31)32)19-15-25-9-8-18(19)21/h2-9,15-16H,10-14H2,1H3,(H,26,30). The van der Waals surface area contributed by atoms with Gasteiger partial charge in [-0.15, -0.1) is 0 Å². The van der Waals surface area contributed by atoms with Gasteiger partial charge in [-0.1, -0.05) is 29.8 Å². The van der Waals surface area contributed by atoms with Gasteiger partial charge < -0.3 is 10.2 Å². The van der Waals surface area contributed by atoms with Crippen LogP contribution in [0.1, 0.15) is 12.5 Å². The molecule has 4 rings (SSSR count). The number of benzene rings is 2. The Morgan fingerprint density at radius 2 is 1.91 bits per heavy atom. The highest BCUT2D eigenvalue weighted by Gasteiger charge is 2.27. The number of piperazine rings is 1. The molecule has 166 valence electrons. The molecule has 0 bridgehead atoms. The van der Waals surface area contributed by atoms with Crippen molar-refractivity contribution in [2.75, 3.05) is 31.1 Å². The number of amides is 1. The van der Waals surface area contributed by atoms with Crippen LogP contribution in [0.2, 0.25) is 5.02 Å². The Hall–Kier alpha value is -3.23. The van der Waals surface area contributed by atoms with E-state index in [1.54, 1.807) is 18.5 Å². The van der Waals surface area contributed by atoms with Crippen LogP contribution in [-0.4, -0.2) is 52.9 Å². The van der Waals surface area contributed by atoms with Gasteiger partial charge in [0.1, 0.15) is 0 Å². The van der Waals surface area contributed by atoms with E-state index in [1.165, 1.54) is 6.07 Å². The largest absolute Gasteiger partial charge is 0.368 e. The zero-order chi connectivity index (χ0) is 22.7. The van der Waals surface area contributed by atoms with Crippen LogP contribution >= 0.6 is 11.6 Å². The van der Waals surface area contributed by atoms with Gasteiger partial charge >= 0.3 is 0 Å². The van der Waals surface area contributed by atoms with E-state index in [9.17, 15) is 14.9 Å². The molecular weight excluding hydrogens is 430 g/mol. The Morgan fingerprint density at radius 1 is 1.16 bits per heavy atom. The van der Waals surface area contributed by atoms with Crippen molar-refractivity contribution in [1.82, 2.24) is 15.2 Å². The van der Waals surface area contributed by atoms with E-state index in [0.29, 0.717) is 30.0 Å². The van der Waals surface area contributed by atoms with Gasteiger partial charge in [0.25, 0.3) is 5.69 Å². The Labute approximate surface area is 190 Å². The molecule has 3 aromatic rings. The second kappa shape index (κ2) is 9.50. The summed E-state index contributed by atoms with van der Waals surface area (Å²) in [6, 6.07) is 12.4. The van der Waals surface area contributed by atoms with Crippen LogP contribution in [0.3, 0.4) is 0 Å². The number of carbonyl (C=O) groups is 1. The Morgan fingerprint density at radius 3 is 2.62 bits per heavy atom. The van der Waals surface area contributed by atoms with E-state index < -0.39 is 0 Å². The molecule has 1 N–H and O–H groups in total. The molecule has 0 radical (unpaired) electrons. The molecule has 0 saturated carbocycles. The number of nitro groups is 1. The summed E-state index contributed by atoms with van der Waals surface area (Å²) in [5, 5.41) is 16.3. The Balaban J connectivity index is 1.40. The number of fused-ring (bicyclic) bond motifs is 1. The maximum absolute atomic E-state index is 12.7. The van der Waals surface area contributed by atoms with Crippen molar-refractivity contribution >= 4 is 39.7 Å². The van der Waals surface area contributed by atoms with Crippen LogP contribution in [0.15, 0.2) is 54.9 Å². The topological polar surface area (TPSA) is 91.6 Å². The van der Waals surface area contributed by atoms with Crippen molar-refractivity contribution in [3.63, 3.8) is 0 Å². The fraction of sp³-hybridized carbons (Fsp3) is 0.304. The molecule has 1 atom stereocenters. The molecule has 1 amide bonds. The molecule has 1 aliphatic rings. The summed E-state index contributed by atoms with van der Waals surface area (Å²) in [6.07, 6.45) is 3.19. The van der Waals surface area contributed by atoms with Gasteiger partial charge in [0.05, 0.1) is 16.4 Å². The van der Waals surface area contributed by atoms with Crippen LogP contribution in [0, 0.1) is 10.1 Å². The summed E-state index contributed by atoms with van der Waals surface area (Å²) in [7, 11) is 0. The SMILES string of the molecule is CC(C(=O)NCc1ccccc1Cl)N1CCN(c2ccc([N+](=O)[O-])c3cnccc23)CC1. The van der Waals surface area contributed by atoms with Crippen LogP contribution in [0.5, 0.6) is 0 Å². The molecule has 0 aliphatic carbocycles. The molecule has 0 spiro atoms. The van der Waals surface area contributed by atoms with Crippen molar-refractivity contribution < 1.29 is 9.72 Å². The van der Waals surface area contributed by atoms with E-state index in [2.05, 4.69) is 20.1 Å². The second-order valence-electron chi connectivity index (χ2n) is 7.79. The smallest absolute Gasteiger partial charge is 0.278 e. The highest BCUT2D eigenvalue weighted by atomic mass is 35.5. The fourth-order valence-corrected chi connectivity index (χ4v) is 4.28. The van der Waals surface area contributed by atoms with Crippen molar-refractivity contribution in [3.05, 3.63) is 75.6 Å². The summed E-state index contributed by atoms with van der Waals surface area (Å²) in [5.41, 5.74) is 1.89. The molecule has 32 heavy (non-hydrogen) atoms. The molecule has 1 unspecified atom stereocenters. The number of rotatable bonds is 6. The first kappa shape index (κ1) is 22.0. The maximum Gasteiger partial charge on any atom is 0.278 e. The van der Waals surface area contributed by atoms with E-state index in [-0.39, 0.29) is 22.6 Å². The third-order valence-corrected chi connectivity index (χ3v) is 6.33. The number of hydrogen-bond acceptors (Lipinski definition) is 6. The van der Waals surface area contributed by atoms with E-state index in [4.69, 9.17) is 11.6 Å². The predicted molar refractivity (Wildman–Crippen MR) is 125 cm³/mol. The van der Waals surface area contributed by atoms with Crippen molar-refractivity contribution in [1.29, 1.82) is 0 Å². The van der Waals surface area contributed by atoms with Gasteiger partial charge in [0.2, 0.25) is 5.91 Å². The van der Waals surface area contributed by atoms with Crippen LogP contribution in [-0.2, 0) is 11.3 Å². The van der Waals surface area contributed by atoms with E-state index >= 15 is 0 Å². The molecule has 9 heteroatoms. The first-order valence-corrected chi connectivity index (χ1v) is 10.8. The second-order valence-corrected chi connectivity index (χ2v) is 8.20. The normalized spacial score (nSPS) is 15.5. The van der Waals surface area contributed by atoms with Crippen LogP contribution in [0.4, 0.5) is 11.4 Å². The van der Waals surface area contributed by atoms with Gasteiger partial charge in [-0.05, 0) is 30.7 Å². The molecule has 1 fully saturated rings. The maximum atomic E-state index is 12.7. The van der Waals surface area contributed by atoms with Crippen molar-refractivity contribution in [2.24, 2.45) is 0 Å². The number of anilines is 1. The minimum absolute atomic E-state index is 0.0368. The highest BCUT2D eigenvalue weighted by molar-refractivity contribution is 6.31. The molecule has 2 heterocycles. The monoisotopic (exact) mass is 453 g/mol. The molecule has 8 nitrogen and oxygen atoms in total. The summed E-state index contributed by atoms with van der Waals surface area (Å²) < 4.78 is 0. The molecule has 1 aliphatic heterocycles. The predicted octanol–water partition coefficient (Wildman–Crippen LogP) is 3.62. The summed E-state index contributed by atoms with van der Waals surface area (Å²) in [4.78, 5) is 32.1. The summed E-state index contributed by atoms with van der Waals surface area (Å²) in [6.45, 7) is 5.17. The first-order chi connectivity index (χ1) is 15.5. The lowest BCUT2D eigenvalue weighted by atomic mass is 10.1. The van der Waals surface area contributed by atoms with E-state index in [1.807, 2.05) is 37.3 Å². The van der Waals surface area contributed by atoms with Gasteiger partial charge in [0.15, 0.2) is 0 Å². The van der Waals surface area contributed by atoms with E-state index in [0.717, 1.165) is 29.7 Å². The number of halogens is 1. The number of nitrogens with zero attached hydrogens (tertiary/aromatic N) is 4. The molecule has 1 aromatic heterocycles. The average Bonchev–Trinajstić information content (AvgIpc) is 2.82. The number of hydrogen-bond donors (Lipinski definition) is 1. The summed E-state index contributed by atoms with van der Waals surface area (Å²) in [5.74, 6) is -0.0368. The third kappa shape index (κ3) is 4.51. The summed E-state index contributed by atoms with van der Waals surface area (Å²) >= 11 is 6.17. The lowest BCUT2D eigenvalue weighted by Crippen LogP contribution is -2.53. The number of nitrogens with one attached hydrogen (secondary N) is 1. The van der Waals surface area contributed by atoms with Crippen LogP contribution < -0.4 is 10.2 Å². The Kier molecular flexibility index (Phi) is 6.53. The van der Waals surface area contributed by atoms with Gasteiger partial charge in [0, 0.05) is 67.3 Å². The number of nitro benzene ring substituents is 1. The number of non-ortho nitro benzene ring substituents is 1. The zero-order valence-corrected chi connectivity index (χ0v) is 18.5. The zero-order valence-electron chi connectivity index (χ0n) is 17.7. The highest BCUT2D eigenvalue weighted by Crippen LogP contribution is 2.33. The number of carbonyl (C=O) groups excluding carboxylic acids is 1. The van der Waals surface area contributed by atoms with Gasteiger partial charge in [-0.25, -0.2) is 0 Å². The van der Waals surface area contributed by atoms with Crippen LogP contribution in [0.25, 0.3) is 10.8 Å². The fourth-order valence-electron chi connectivity index (χ4n) is 4.08. The minimum Gasteiger partial charge on any atom is -0.368 e. The van der Waals surface area contributed by atoms with Crippen molar-refractivity contribution in [2.45, 2.75) is 19.5 Å². The molecule has 1 saturated heterocycles. The Bertz CT molecular complexity index is 1150. The molecule has 2 aromatic carbocycles. The van der Waals surface area contributed by atoms with Gasteiger partial charge in [-0.2, -0.15) is 0 Å². The molecular formula is C23H24ClN5O3. The quantitative estimate of drug-likeness (QED) is 0.452. The lowest BCUT2D eigenvalue weighted by Gasteiger charge is -2.38. The van der Waals surface area contributed by atoms with Crippen molar-refractivity contribution in [3.8, 4) is 0 Å². The number of aromatic nitrogens is 1. The first-order valence-electron chi connectivity index (χ1n) is 10.5. The number of pyridine rings is 1. The lowest BCUT2D eigenvalue weighted by molar-refractivity contribution is -0.383. The van der Waals surface area contributed by atoms with Gasteiger partial charge in [-0.3, -0.25) is 24.8 Å². The minimum atomic E-state index is -0.380. The third-order valence-electron chi connectivity index (χ3n) is 5.96. The average molecular weight is 454 g/mol.